The molecule has 0 atom stereocenters. The Morgan fingerprint density at radius 2 is 1.73 bits per heavy atom. The summed E-state index contributed by atoms with van der Waals surface area (Å²) in [6.07, 6.45) is 3.70. The average molecular weight is 350 g/mol. The molecular formula is C20H22N4O2. The Hall–Kier alpha value is -3.28. The molecule has 0 unspecified atom stereocenters. The Kier molecular flexibility index (Phi) is 5.88. The highest BCUT2D eigenvalue weighted by Gasteiger charge is 2.05. The normalized spacial score (nSPS) is 10.3. The van der Waals surface area contributed by atoms with E-state index in [1.54, 1.807) is 13.3 Å². The van der Waals surface area contributed by atoms with Crippen LogP contribution in [-0.4, -0.2) is 22.9 Å². The van der Waals surface area contributed by atoms with E-state index in [-0.39, 0.29) is 6.03 Å². The summed E-state index contributed by atoms with van der Waals surface area (Å²) in [6, 6.07) is 17.4. The van der Waals surface area contributed by atoms with Crippen molar-refractivity contribution in [3.05, 3.63) is 83.7 Å². The zero-order chi connectivity index (χ0) is 18.2. The van der Waals surface area contributed by atoms with E-state index in [2.05, 4.69) is 15.7 Å². The van der Waals surface area contributed by atoms with Gasteiger partial charge in [-0.1, -0.05) is 42.5 Å². The van der Waals surface area contributed by atoms with Gasteiger partial charge >= 0.3 is 6.03 Å². The lowest BCUT2D eigenvalue weighted by molar-refractivity contribution is 0.240. The number of hydrogen-bond donors (Lipinski definition) is 2. The monoisotopic (exact) mass is 350 g/mol. The van der Waals surface area contributed by atoms with Crippen molar-refractivity contribution in [2.24, 2.45) is 0 Å². The third-order valence-corrected chi connectivity index (χ3v) is 4.01. The predicted octanol–water partition coefficient (Wildman–Crippen LogP) is 2.94. The molecule has 6 nitrogen and oxygen atoms in total. The summed E-state index contributed by atoms with van der Waals surface area (Å²) in [6.45, 7) is 1.62. The van der Waals surface area contributed by atoms with Gasteiger partial charge in [-0.25, -0.2) is 4.79 Å². The van der Waals surface area contributed by atoms with E-state index in [0.717, 1.165) is 29.0 Å². The summed E-state index contributed by atoms with van der Waals surface area (Å²) in [5.41, 5.74) is 3.15. The Morgan fingerprint density at radius 1 is 1.00 bits per heavy atom. The number of nitrogens with one attached hydrogen (secondary N) is 2. The second kappa shape index (κ2) is 8.71. The maximum absolute atomic E-state index is 12.0. The molecule has 2 N–H and O–H groups in total. The van der Waals surface area contributed by atoms with E-state index >= 15 is 0 Å². The number of carbonyl (C=O) groups is 1. The highest BCUT2D eigenvalue weighted by molar-refractivity contribution is 5.73. The number of para-hydroxylation sites is 1. The molecule has 0 saturated heterocycles. The lowest BCUT2D eigenvalue weighted by Gasteiger charge is -2.11. The molecule has 0 spiro atoms. The second-order valence-electron chi connectivity index (χ2n) is 5.87. The van der Waals surface area contributed by atoms with Crippen molar-refractivity contribution < 1.29 is 9.53 Å². The Labute approximate surface area is 152 Å². The zero-order valence-corrected chi connectivity index (χ0v) is 14.7. The fraction of sp³-hybridized carbons (Fsp3) is 0.200. The first-order valence-electron chi connectivity index (χ1n) is 8.43. The molecule has 0 bridgehead atoms. The number of carbonyl (C=O) groups excluding carboxylic acids is 1. The maximum atomic E-state index is 12.0. The van der Waals surface area contributed by atoms with Gasteiger partial charge in [0.2, 0.25) is 0 Å². The predicted molar refractivity (Wildman–Crippen MR) is 99.8 cm³/mol. The van der Waals surface area contributed by atoms with Crippen LogP contribution >= 0.6 is 0 Å². The molecule has 3 rings (SSSR count). The summed E-state index contributed by atoms with van der Waals surface area (Å²) in [5.74, 6) is 0.764. The second-order valence-corrected chi connectivity index (χ2v) is 5.87. The number of rotatable bonds is 7. The quantitative estimate of drug-likeness (QED) is 0.688. The number of amides is 2. The van der Waals surface area contributed by atoms with Crippen LogP contribution in [0, 0.1) is 0 Å². The minimum absolute atomic E-state index is 0.212. The van der Waals surface area contributed by atoms with Gasteiger partial charge in [0.25, 0.3) is 0 Å². The van der Waals surface area contributed by atoms with E-state index < -0.39 is 0 Å². The average Bonchev–Trinajstić information content (AvgIpc) is 3.19. The van der Waals surface area contributed by atoms with Crippen LogP contribution in [0.25, 0.3) is 0 Å². The smallest absolute Gasteiger partial charge is 0.315 e. The Morgan fingerprint density at radius 3 is 2.46 bits per heavy atom. The molecule has 0 aliphatic carbocycles. The van der Waals surface area contributed by atoms with Crippen LogP contribution in [0.2, 0.25) is 0 Å². The van der Waals surface area contributed by atoms with Crippen molar-refractivity contribution in [3.8, 4) is 5.75 Å². The molecule has 3 aromatic rings. The molecular weight excluding hydrogens is 328 g/mol. The Balaban J connectivity index is 1.45. The number of benzene rings is 2. The van der Waals surface area contributed by atoms with Crippen LogP contribution in [0.4, 0.5) is 4.79 Å². The van der Waals surface area contributed by atoms with E-state index in [1.165, 1.54) is 0 Å². The van der Waals surface area contributed by atoms with Gasteiger partial charge in [-0.05, 0) is 23.3 Å². The van der Waals surface area contributed by atoms with E-state index in [0.29, 0.717) is 13.1 Å². The van der Waals surface area contributed by atoms with E-state index in [9.17, 15) is 4.79 Å². The zero-order valence-electron chi connectivity index (χ0n) is 14.7. The summed E-state index contributed by atoms with van der Waals surface area (Å²) in [7, 11) is 1.62. The first kappa shape index (κ1) is 17.5. The van der Waals surface area contributed by atoms with Crippen molar-refractivity contribution >= 4 is 6.03 Å². The van der Waals surface area contributed by atoms with Crippen molar-refractivity contribution in [1.82, 2.24) is 20.4 Å². The van der Waals surface area contributed by atoms with Gasteiger partial charge < -0.3 is 15.4 Å². The van der Waals surface area contributed by atoms with Crippen LogP contribution in [0.5, 0.6) is 5.75 Å². The van der Waals surface area contributed by atoms with Crippen molar-refractivity contribution in [2.75, 3.05) is 7.11 Å². The third-order valence-electron chi connectivity index (χ3n) is 4.01. The van der Waals surface area contributed by atoms with Gasteiger partial charge in [0.05, 0.1) is 13.7 Å². The highest BCUT2D eigenvalue weighted by atomic mass is 16.5. The lowest BCUT2D eigenvalue weighted by Crippen LogP contribution is -2.34. The largest absolute Gasteiger partial charge is 0.496 e. The number of hydrogen-bond acceptors (Lipinski definition) is 3. The van der Waals surface area contributed by atoms with E-state index in [1.807, 2.05) is 65.5 Å². The molecule has 0 aliphatic rings. The number of nitrogens with zero attached hydrogens (tertiary/aromatic N) is 2. The minimum atomic E-state index is -0.212. The van der Waals surface area contributed by atoms with Crippen LogP contribution in [0.15, 0.2) is 67.0 Å². The molecule has 1 heterocycles. The van der Waals surface area contributed by atoms with Gasteiger partial charge in [0.1, 0.15) is 5.75 Å². The first-order chi connectivity index (χ1) is 12.7. The number of methoxy groups -OCH3 is 1. The third kappa shape index (κ3) is 4.86. The topological polar surface area (TPSA) is 68.2 Å². The fourth-order valence-electron chi connectivity index (χ4n) is 2.61. The summed E-state index contributed by atoms with van der Waals surface area (Å²) in [5, 5.41) is 9.90. The molecule has 0 aliphatic heterocycles. The van der Waals surface area contributed by atoms with Crippen LogP contribution in [0.3, 0.4) is 0 Å². The molecule has 6 heteroatoms. The van der Waals surface area contributed by atoms with Crippen LogP contribution in [0.1, 0.15) is 16.7 Å². The number of aromatic nitrogens is 2. The van der Waals surface area contributed by atoms with Gasteiger partial charge in [0.15, 0.2) is 0 Å². The summed E-state index contributed by atoms with van der Waals surface area (Å²) >= 11 is 0. The summed E-state index contributed by atoms with van der Waals surface area (Å²) < 4.78 is 7.15. The van der Waals surface area contributed by atoms with Crippen molar-refractivity contribution in [1.29, 1.82) is 0 Å². The lowest BCUT2D eigenvalue weighted by atomic mass is 10.1. The van der Waals surface area contributed by atoms with Gasteiger partial charge in [0, 0.05) is 31.0 Å². The van der Waals surface area contributed by atoms with Crippen molar-refractivity contribution in [2.45, 2.75) is 19.6 Å². The van der Waals surface area contributed by atoms with Crippen LogP contribution < -0.4 is 15.4 Å². The molecule has 0 saturated carbocycles. The SMILES string of the molecule is COc1ccccc1CNC(=O)NCc1ccc(Cn2cccn2)cc1. The van der Waals surface area contributed by atoms with Gasteiger partial charge in [-0.15, -0.1) is 0 Å². The van der Waals surface area contributed by atoms with Crippen LogP contribution in [-0.2, 0) is 19.6 Å². The fourth-order valence-corrected chi connectivity index (χ4v) is 2.61. The Bertz CT molecular complexity index is 829. The first-order valence-corrected chi connectivity index (χ1v) is 8.43. The standard InChI is InChI=1S/C20H22N4O2/c1-26-19-6-3-2-5-18(19)14-22-20(25)21-13-16-7-9-17(10-8-16)15-24-12-4-11-23-24/h2-12H,13-15H2,1H3,(H2,21,22,25). The molecule has 0 fully saturated rings. The highest BCUT2D eigenvalue weighted by Crippen LogP contribution is 2.16. The number of urea groups is 1. The molecule has 0 radical (unpaired) electrons. The molecule has 26 heavy (non-hydrogen) atoms. The molecule has 2 aromatic carbocycles. The molecule has 1 aromatic heterocycles. The van der Waals surface area contributed by atoms with E-state index in [4.69, 9.17) is 4.74 Å². The minimum Gasteiger partial charge on any atom is -0.496 e. The molecule has 2 amide bonds. The van der Waals surface area contributed by atoms with Crippen molar-refractivity contribution in [3.63, 3.8) is 0 Å². The summed E-state index contributed by atoms with van der Waals surface area (Å²) in [4.78, 5) is 12.0. The number of ether oxygens (including phenoxy) is 1. The molecule has 134 valence electrons. The maximum Gasteiger partial charge on any atom is 0.315 e. The van der Waals surface area contributed by atoms with Gasteiger partial charge in [-0.2, -0.15) is 5.10 Å². The van der Waals surface area contributed by atoms with Gasteiger partial charge in [-0.3, -0.25) is 4.68 Å².